The minimum Gasteiger partial charge on any atom is -0.374 e. The van der Waals surface area contributed by atoms with E-state index in [1.165, 1.54) is 0 Å². The van der Waals surface area contributed by atoms with Gasteiger partial charge in [0.25, 0.3) is 0 Å². The largest absolute Gasteiger partial charge is 0.374 e. The molecule has 13 heavy (non-hydrogen) atoms. The number of nitrogens with zero attached hydrogens (tertiary/aromatic N) is 2. The zero-order chi connectivity index (χ0) is 9.10. The molecule has 1 N–H and O–H groups in total. The maximum Gasteiger partial charge on any atom is 0.105 e. The summed E-state index contributed by atoms with van der Waals surface area (Å²) in [6, 6.07) is 0. The lowest BCUT2D eigenvalue weighted by atomic mass is 10.3. The first-order chi connectivity index (χ1) is 6.36. The van der Waals surface area contributed by atoms with E-state index in [1.54, 1.807) is 0 Å². The van der Waals surface area contributed by atoms with Gasteiger partial charge in [0.05, 0.1) is 19.3 Å². The van der Waals surface area contributed by atoms with Crippen LogP contribution in [-0.2, 0) is 11.3 Å². The van der Waals surface area contributed by atoms with Crippen molar-refractivity contribution in [1.82, 2.24) is 14.9 Å². The Morgan fingerprint density at radius 1 is 1.77 bits per heavy atom. The van der Waals surface area contributed by atoms with Crippen molar-refractivity contribution in [3.63, 3.8) is 0 Å². The first-order valence-electron chi connectivity index (χ1n) is 4.66. The Labute approximate surface area is 77.9 Å². The number of aromatic nitrogens is 2. The number of hydrogen-bond donors (Lipinski definition) is 1. The van der Waals surface area contributed by atoms with Gasteiger partial charge in [-0.2, -0.15) is 0 Å². The number of morpholine rings is 1. The van der Waals surface area contributed by atoms with E-state index in [0.717, 1.165) is 32.1 Å². The summed E-state index contributed by atoms with van der Waals surface area (Å²) in [4.78, 5) is 4.17. The summed E-state index contributed by atoms with van der Waals surface area (Å²) in [6.45, 7) is 5.64. The van der Waals surface area contributed by atoms with E-state index < -0.39 is 0 Å². The molecule has 0 aliphatic carbocycles. The highest BCUT2D eigenvalue weighted by molar-refractivity contribution is 4.89. The number of imidazole rings is 1. The van der Waals surface area contributed by atoms with Crippen LogP contribution in [-0.4, -0.2) is 35.4 Å². The van der Waals surface area contributed by atoms with Crippen LogP contribution in [0.5, 0.6) is 0 Å². The molecule has 1 unspecified atom stereocenters. The molecule has 1 aliphatic rings. The lowest BCUT2D eigenvalue weighted by Gasteiger charge is -2.24. The Hall–Kier alpha value is -0.870. The molecule has 1 fully saturated rings. The van der Waals surface area contributed by atoms with E-state index in [0.29, 0.717) is 6.10 Å². The van der Waals surface area contributed by atoms with E-state index in [1.807, 2.05) is 19.3 Å². The quantitative estimate of drug-likeness (QED) is 0.707. The minimum atomic E-state index is 0.293. The molecule has 72 valence electrons. The summed E-state index contributed by atoms with van der Waals surface area (Å²) in [6.07, 6.45) is 4.11. The van der Waals surface area contributed by atoms with Crippen molar-refractivity contribution in [2.24, 2.45) is 0 Å². The van der Waals surface area contributed by atoms with Gasteiger partial charge >= 0.3 is 0 Å². The third-order valence-electron chi connectivity index (χ3n) is 2.33. The first-order valence-corrected chi connectivity index (χ1v) is 4.66. The molecule has 1 saturated heterocycles. The maximum absolute atomic E-state index is 5.60. The van der Waals surface area contributed by atoms with Gasteiger partial charge in [0.2, 0.25) is 0 Å². The molecule has 0 aromatic carbocycles. The van der Waals surface area contributed by atoms with E-state index in [-0.39, 0.29) is 0 Å². The monoisotopic (exact) mass is 181 g/mol. The molecule has 0 radical (unpaired) electrons. The third kappa shape index (κ3) is 2.08. The van der Waals surface area contributed by atoms with Crippen LogP contribution in [0.3, 0.4) is 0 Å². The van der Waals surface area contributed by atoms with Gasteiger partial charge in [0.15, 0.2) is 0 Å². The fourth-order valence-electron chi connectivity index (χ4n) is 1.55. The fraction of sp³-hybridized carbons (Fsp3) is 0.667. The molecule has 1 aromatic heterocycles. The SMILES string of the molecule is Cc1nccn1CC1CNCCO1. The summed E-state index contributed by atoms with van der Waals surface area (Å²) in [5, 5.41) is 3.31. The minimum absolute atomic E-state index is 0.293. The second kappa shape index (κ2) is 3.89. The summed E-state index contributed by atoms with van der Waals surface area (Å²) in [5.74, 6) is 1.05. The predicted molar refractivity (Wildman–Crippen MR) is 49.6 cm³/mol. The van der Waals surface area contributed by atoms with Crippen LogP contribution in [0.4, 0.5) is 0 Å². The summed E-state index contributed by atoms with van der Waals surface area (Å²) < 4.78 is 7.72. The van der Waals surface area contributed by atoms with Gasteiger partial charge in [-0.15, -0.1) is 0 Å². The van der Waals surface area contributed by atoms with Crippen LogP contribution >= 0.6 is 0 Å². The number of hydrogen-bond acceptors (Lipinski definition) is 3. The standard InChI is InChI=1S/C9H15N3O/c1-8-11-2-4-12(8)7-9-6-10-3-5-13-9/h2,4,9-10H,3,5-7H2,1H3. The molecule has 4 nitrogen and oxygen atoms in total. The second-order valence-electron chi connectivity index (χ2n) is 3.32. The molecule has 0 amide bonds. The van der Waals surface area contributed by atoms with E-state index in [2.05, 4.69) is 14.9 Å². The van der Waals surface area contributed by atoms with Crippen molar-refractivity contribution >= 4 is 0 Å². The molecule has 1 atom stereocenters. The van der Waals surface area contributed by atoms with E-state index >= 15 is 0 Å². The Bertz CT molecular complexity index is 266. The Morgan fingerprint density at radius 3 is 3.31 bits per heavy atom. The van der Waals surface area contributed by atoms with Gasteiger partial charge < -0.3 is 14.6 Å². The van der Waals surface area contributed by atoms with Crippen LogP contribution < -0.4 is 5.32 Å². The number of nitrogens with one attached hydrogen (secondary N) is 1. The van der Waals surface area contributed by atoms with Crippen LogP contribution in [0.2, 0.25) is 0 Å². The molecule has 2 heterocycles. The fourth-order valence-corrected chi connectivity index (χ4v) is 1.55. The highest BCUT2D eigenvalue weighted by Gasteiger charge is 2.13. The molecule has 2 rings (SSSR count). The van der Waals surface area contributed by atoms with Crippen LogP contribution in [0, 0.1) is 6.92 Å². The van der Waals surface area contributed by atoms with Crippen molar-refractivity contribution in [3.8, 4) is 0 Å². The molecule has 0 bridgehead atoms. The Morgan fingerprint density at radius 2 is 2.69 bits per heavy atom. The third-order valence-corrected chi connectivity index (χ3v) is 2.33. The molecule has 1 aromatic rings. The molecule has 1 aliphatic heterocycles. The van der Waals surface area contributed by atoms with Crippen molar-refractivity contribution < 1.29 is 4.74 Å². The molecule has 0 saturated carbocycles. The summed E-state index contributed by atoms with van der Waals surface area (Å²) >= 11 is 0. The zero-order valence-corrected chi connectivity index (χ0v) is 7.86. The summed E-state index contributed by atoms with van der Waals surface area (Å²) in [5.41, 5.74) is 0. The number of ether oxygens (including phenoxy) is 1. The van der Waals surface area contributed by atoms with Crippen LogP contribution in [0.1, 0.15) is 5.82 Å². The average molecular weight is 181 g/mol. The maximum atomic E-state index is 5.60. The van der Waals surface area contributed by atoms with Gasteiger partial charge in [0.1, 0.15) is 5.82 Å². The lowest BCUT2D eigenvalue weighted by molar-refractivity contribution is 0.0179. The van der Waals surface area contributed by atoms with Gasteiger partial charge in [-0.25, -0.2) is 4.98 Å². The average Bonchev–Trinajstić information content (AvgIpc) is 2.54. The smallest absolute Gasteiger partial charge is 0.105 e. The molecule has 4 heteroatoms. The van der Waals surface area contributed by atoms with Crippen LogP contribution in [0.25, 0.3) is 0 Å². The molecular formula is C9H15N3O. The van der Waals surface area contributed by atoms with E-state index in [9.17, 15) is 0 Å². The predicted octanol–water partition coefficient (Wildman–Crippen LogP) is 0.180. The Kier molecular flexibility index (Phi) is 2.61. The topological polar surface area (TPSA) is 39.1 Å². The van der Waals surface area contributed by atoms with E-state index in [4.69, 9.17) is 4.74 Å². The zero-order valence-electron chi connectivity index (χ0n) is 7.86. The molecule has 0 spiro atoms. The number of aryl methyl sites for hydroxylation is 1. The normalized spacial score (nSPS) is 23.3. The van der Waals surface area contributed by atoms with Crippen molar-refractivity contribution in [2.45, 2.75) is 19.6 Å². The molecular weight excluding hydrogens is 166 g/mol. The first kappa shape index (κ1) is 8.72. The van der Waals surface area contributed by atoms with Crippen molar-refractivity contribution in [1.29, 1.82) is 0 Å². The highest BCUT2D eigenvalue weighted by Crippen LogP contribution is 2.02. The summed E-state index contributed by atoms with van der Waals surface area (Å²) in [7, 11) is 0. The van der Waals surface area contributed by atoms with Crippen molar-refractivity contribution in [2.75, 3.05) is 19.7 Å². The highest BCUT2D eigenvalue weighted by atomic mass is 16.5. The van der Waals surface area contributed by atoms with Crippen LogP contribution in [0.15, 0.2) is 12.4 Å². The number of rotatable bonds is 2. The van der Waals surface area contributed by atoms with Crippen molar-refractivity contribution in [3.05, 3.63) is 18.2 Å². The lowest BCUT2D eigenvalue weighted by Crippen LogP contribution is -2.40. The van der Waals surface area contributed by atoms with Gasteiger partial charge in [-0.3, -0.25) is 0 Å². The van der Waals surface area contributed by atoms with Gasteiger partial charge in [-0.1, -0.05) is 0 Å². The second-order valence-corrected chi connectivity index (χ2v) is 3.32. The Balaban J connectivity index is 1.93. The van der Waals surface area contributed by atoms with Gasteiger partial charge in [-0.05, 0) is 6.92 Å². The van der Waals surface area contributed by atoms with Gasteiger partial charge in [0, 0.05) is 25.5 Å².